The molecule has 6 heteroatoms. The van der Waals surface area contributed by atoms with Crippen molar-refractivity contribution in [3.63, 3.8) is 0 Å². The quantitative estimate of drug-likeness (QED) is 0.322. The Kier molecular flexibility index (Phi) is 6.34. The van der Waals surface area contributed by atoms with E-state index in [4.69, 9.17) is 14.2 Å². The second-order valence-corrected chi connectivity index (χ2v) is 5.16. The highest BCUT2D eigenvalue weighted by Crippen LogP contribution is 2.41. The fourth-order valence-electron chi connectivity index (χ4n) is 2.81. The van der Waals surface area contributed by atoms with Crippen molar-refractivity contribution in [1.82, 2.24) is 0 Å². The van der Waals surface area contributed by atoms with Crippen LogP contribution in [-0.4, -0.2) is 38.2 Å². The first-order valence-electron chi connectivity index (χ1n) is 7.05. The van der Waals surface area contributed by atoms with Crippen LogP contribution in [-0.2, 0) is 28.6 Å². The van der Waals surface area contributed by atoms with E-state index in [9.17, 15) is 14.4 Å². The Hall–Kier alpha value is -2.11. The molecule has 0 saturated carbocycles. The van der Waals surface area contributed by atoms with E-state index in [0.717, 1.165) is 0 Å². The normalized spacial score (nSPS) is 20.9. The minimum absolute atomic E-state index is 0.111. The minimum atomic E-state index is -1.46. The molecule has 122 valence electrons. The van der Waals surface area contributed by atoms with Gasteiger partial charge in [-0.1, -0.05) is 12.2 Å². The SMILES string of the molecule is C=CCC(C(=O)OC)(C(=O)OC)[C@H]1C=C[C@H](OC(C)=O)CC1. The predicted octanol–water partition coefficient (Wildman–Crippen LogP) is 1.79. The summed E-state index contributed by atoms with van der Waals surface area (Å²) in [7, 11) is 2.47. The van der Waals surface area contributed by atoms with Crippen molar-refractivity contribution in [2.24, 2.45) is 11.3 Å². The van der Waals surface area contributed by atoms with Crippen LogP contribution in [0, 0.1) is 11.3 Å². The van der Waals surface area contributed by atoms with Gasteiger partial charge < -0.3 is 14.2 Å². The van der Waals surface area contributed by atoms with Crippen molar-refractivity contribution in [2.75, 3.05) is 14.2 Å². The first kappa shape index (κ1) is 17.9. The number of hydrogen-bond donors (Lipinski definition) is 0. The number of hydrogen-bond acceptors (Lipinski definition) is 6. The molecule has 0 heterocycles. The topological polar surface area (TPSA) is 78.9 Å². The van der Waals surface area contributed by atoms with E-state index < -0.39 is 23.3 Å². The van der Waals surface area contributed by atoms with Gasteiger partial charge in [0.25, 0.3) is 0 Å². The zero-order valence-corrected chi connectivity index (χ0v) is 13.2. The first-order chi connectivity index (χ1) is 10.4. The van der Waals surface area contributed by atoms with Gasteiger partial charge in [-0.05, 0) is 25.3 Å². The summed E-state index contributed by atoms with van der Waals surface area (Å²) in [6.07, 6.45) is 5.69. The van der Waals surface area contributed by atoms with Gasteiger partial charge in [0.1, 0.15) is 6.10 Å². The molecule has 0 aliphatic heterocycles. The molecule has 0 aromatic heterocycles. The van der Waals surface area contributed by atoms with Gasteiger partial charge in [-0.2, -0.15) is 0 Å². The number of methoxy groups -OCH3 is 2. The molecule has 0 aromatic carbocycles. The van der Waals surface area contributed by atoms with E-state index >= 15 is 0 Å². The monoisotopic (exact) mass is 310 g/mol. The van der Waals surface area contributed by atoms with Gasteiger partial charge in [-0.25, -0.2) is 0 Å². The van der Waals surface area contributed by atoms with Crippen molar-refractivity contribution in [3.8, 4) is 0 Å². The lowest BCUT2D eigenvalue weighted by Gasteiger charge is -2.36. The molecule has 1 aliphatic carbocycles. The third-order valence-electron chi connectivity index (χ3n) is 3.84. The molecule has 6 nitrogen and oxygen atoms in total. The third kappa shape index (κ3) is 3.55. The molecule has 1 aliphatic rings. The highest BCUT2D eigenvalue weighted by atomic mass is 16.5. The van der Waals surface area contributed by atoms with E-state index in [-0.39, 0.29) is 18.5 Å². The number of esters is 3. The van der Waals surface area contributed by atoms with Crippen LogP contribution in [0.4, 0.5) is 0 Å². The molecule has 22 heavy (non-hydrogen) atoms. The highest BCUT2D eigenvalue weighted by Gasteiger charge is 2.53. The van der Waals surface area contributed by atoms with Crippen LogP contribution in [0.3, 0.4) is 0 Å². The average molecular weight is 310 g/mol. The summed E-state index contributed by atoms with van der Waals surface area (Å²) in [5, 5.41) is 0. The lowest BCUT2D eigenvalue weighted by atomic mass is 9.68. The summed E-state index contributed by atoms with van der Waals surface area (Å²) in [6.45, 7) is 4.96. The summed E-state index contributed by atoms with van der Waals surface area (Å²) in [5.41, 5.74) is -1.46. The molecule has 0 amide bonds. The van der Waals surface area contributed by atoms with Gasteiger partial charge in [0.2, 0.25) is 0 Å². The Morgan fingerprint density at radius 1 is 1.18 bits per heavy atom. The lowest BCUT2D eigenvalue weighted by molar-refractivity contribution is -0.173. The van der Waals surface area contributed by atoms with Crippen molar-refractivity contribution in [2.45, 2.75) is 32.3 Å². The second kappa shape index (κ2) is 7.77. The van der Waals surface area contributed by atoms with Crippen molar-refractivity contribution in [3.05, 3.63) is 24.8 Å². The predicted molar refractivity (Wildman–Crippen MR) is 78.7 cm³/mol. The van der Waals surface area contributed by atoms with Crippen molar-refractivity contribution < 1.29 is 28.6 Å². The third-order valence-corrected chi connectivity index (χ3v) is 3.84. The highest BCUT2D eigenvalue weighted by molar-refractivity contribution is 6.01. The zero-order valence-electron chi connectivity index (χ0n) is 13.2. The molecule has 0 aromatic rings. The van der Waals surface area contributed by atoms with Crippen LogP contribution >= 0.6 is 0 Å². The van der Waals surface area contributed by atoms with Gasteiger partial charge in [0, 0.05) is 12.8 Å². The van der Waals surface area contributed by atoms with Crippen molar-refractivity contribution in [1.29, 1.82) is 0 Å². The smallest absolute Gasteiger partial charge is 0.324 e. The molecular formula is C16H22O6. The van der Waals surface area contributed by atoms with Crippen LogP contribution in [0.1, 0.15) is 26.2 Å². The lowest BCUT2D eigenvalue weighted by Crippen LogP contribution is -2.47. The summed E-state index contributed by atoms with van der Waals surface area (Å²) >= 11 is 0. The van der Waals surface area contributed by atoms with Crippen LogP contribution in [0.2, 0.25) is 0 Å². The van der Waals surface area contributed by atoms with E-state index in [2.05, 4.69) is 6.58 Å². The first-order valence-corrected chi connectivity index (χ1v) is 7.05. The summed E-state index contributed by atoms with van der Waals surface area (Å²) in [6, 6.07) is 0. The molecule has 0 N–H and O–H groups in total. The molecule has 2 atom stereocenters. The molecular weight excluding hydrogens is 288 g/mol. The number of allylic oxidation sites excluding steroid dienone is 2. The van der Waals surface area contributed by atoms with Crippen LogP contribution in [0.5, 0.6) is 0 Å². The fourth-order valence-corrected chi connectivity index (χ4v) is 2.81. The fraction of sp³-hybridized carbons (Fsp3) is 0.562. The molecule has 0 spiro atoms. The average Bonchev–Trinajstić information content (AvgIpc) is 2.51. The molecule has 0 fully saturated rings. The molecule has 1 rings (SSSR count). The Bertz CT molecular complexity index is 463. The van der Waals surface area contributed by atoms with E-state index in [1.807, 2.05) is 0 Å². The van der Waals surface area contributed by atoms with Crippen LogP contribution in [0.15, 0.2) is 24.8 Å². The van der Waals surface area contributed by atoms with Crippen molar-refractivity contribution >= 4 is 17.9 Å². The van der Waals surface area contributed by atoms with Gasteiger partial charge >= 0.3 is 17.9 Å². The molecule has 0 radical (unpaired) electrons. The van der Waals surface area contributed by atoms with E-state index in [1.54, 1.807) is 12.2 Å². The van der Waals surface area contributed by atoms with Gasteiger partial charge in [-0.15, -0.1) is 6.58 Å². The molecule has 0 saturated heterocycles. The largest absolute Gasteiger partial charge is 0.468 e. The van der Waals surface area contributed by atoms with E-state index in [0.29, 0.717) is 12.8 Å². The Morgan fingerprint density at radius 2 is 1.77 bits per heavy atom. The number of ether oxygens (including phenoxy) is 3. The Labute approximate surface area is 130 Å². The maximum absolute atomic E-state index is 12.3. The van der Waals surface area contributed by atoms with Gasteiger partial charge in [0.05, 0.1) is 14.2 Å². The summed E-state index contributed by atoms with van der Waals surface area (Å²) < 4.78 is 14.8. The minimum Gasteiger partial charge on any atom is -0.468 e. The molecule has 0 bridgehead atoms. The maximum Gasteiger partial charge on any atom is 0.324 e. The van der Waals surface area contributed by atoms with Crippen LogP contribution in [0.25, 0.3) is 0 Å². The van der Waals surface area contributed by atoms with Crippen LogP contribution < -0.4 is 0 Å². The number of carbonyl (C=O) groups is 3. The standard InChI is InChI=1S/C16H22O6/c1-5-10-16(14(18)20-3,15(19)21-4)12-6-8-13(9-7-12)22-11(2)17/h5-6,8,12-13H,1,7,9-10H2,2-4H3/t12-,13-/m0/s1. The van der Waals surface area contributed by atoms with Gasteiger partial charge in [-0.3, -0.25) is 14.4 Å². The zero-order chi connectivity index (χ0) is 16.8. The molecule has 0 unspecified atom stereocenters. The Balaban J connectivity index is 3.12. The summed E-state index contributed by atoms with van der Waals surface area (Å²) in [4.78, 5) is 35.6. The second-order valence-electron chi connectivity index (χ2n) is 5.16. The maximum atomic E-state index is 12.3. The Morgan fingerprint density at radius 3 is 2.14 bits per heavy atom. The summed E-state index contributed by atoms with van der Waals surface area (Å²) in [5.74, 6) is -2.08. The van der Waals surface area contributed by atoms with E-state index in [1.165, 1.54) is 27.2 Å². The van der Waals surface area contributed by atoms with Gasteiger partial charge in [0.15, 0.2) is 5.41 Å². The number of rotatable bonds is 6. The number of carbonyl (C=O) groups excluding carboxylic acids is 3.